The van der Waals surface area contributed by atoms with Gasteiger partial charge >= 0.3 is 0 Å². The van der Waals surface area contributed by atoms with E-state index in [0.29, 0.717) is 18.2 Å². The molecule has 1 aliphatic heterocycles. The standard InChI is InChI=1S/C19H27N5O/c1-5-24-17(12-15(22-24)13(2)3)19(25)23-10-6-7-16(23)14-8-9-21-18(11-14)20-4/h8-9,11-13,16H,5-7,10H2,1-4H3,(H,20,21)/t16-/m1/s1. The second-order valence-corrected chi connectivity index (χ2v) is 6.81. The Labute approximate surface area is 149 Å². The van der Waals surface area contributed by atoms with Gasteiger partial charge in [-0.05, 0) is 49.4 Å². The van der Waals surface area contributed by atoms with E-state index in [-0.39, 0.29) is 11.9 Å². The van der Waals surface area contributed by atoms with Crippen molar-refractivity contribution in [3.63, 3.8) is 0 Å². The fraction of sp³-hybridized carbons (Fsp3) is 0.526. The molecule has 0 unspecified atom stereocenters. The van der Waals surface area contributed by atoms with Crippen molar-refractivity contribution in [1.82, 2.24) is 19.7 Å². The van der Waals surface area contributed by atoms with Crippen molar-refractivity contribution in [2.75, 3.05) is 18.9 Å². The van der Waals surface area contributed by atoms with Crippen LogP contribution in [0.1, 0.15) is 67.3 Å². The molecule has 1 N–H and O–H groups in total. The average molecular weight is 341 g/mol. The van der Waals surface area contributed by atoms with Crippen LogP contribution in [0.5, 0.6) is 0 Å². The molecule has 1 amide bonds. The van der Waals surface area contributed by atoms with Gasteiger partial charge in [-0.1, -0.05) is 13.8 Å². The van der Waals surface area contributed by atoms with E-state index >= 15 is 0 Å². The van der Waals surface area contributed by atoms with Gasteiger partial charge in [0.2, 0.25) is 0 Å². The molecule has 2 aromatic heterocycles. The fourth-order valence-electron chi connectivity index (χ4n) is 3.43. The molecule has 6 nitrogen and oxygen atoms in total. The van der Waals surface area contributed by atoms with E-state index in [4.69, 9.17) is 0 Å². The molecule has 1 saturated heterocycles. The number of pyridine rings is 1. The molecule has 0 aromatic carbocycles. The maximum atomic E-state index is 13.2. The van der Waals surface area contributed by atoms with Crippen LogP contribution in [0.2, 0.25) is 0 Å². The Bertz CT molecular complexity index is 752. The lowest BCUT2D eigenvalue weighted by molar-refractivity contribution is 0.0723. The maximum Gasteiger partial charge on any atom is 0.272 e. The van der Waals surface area contributed by atoms with E-state index in [1.165, 1.54) is 0 Å². The molecule has 0 aliphatic carbocycles. The summed E-state index contributed by atoms with van der Waals surface area (Å²) in [5, 5.41) is 7.67. The SMILES string of the molecule is CCn1nc(C(C)C)cc1C(=O)N1CCC[C@@H]1c1ccnc(NC)c1. The molecule has 0 bridgehead atoms. The number of rotatable bonds is 5. The zero-order chi connectivity index (χ0) is 18.0. The van der Waals surface area contributed by atoms with Crippen LogP contribution in [0.3, 0.4) is 0 Å². The highest BCUT2D eigenvalue weighted by Crippen LogP contribution is 2.34. The molecule has 2 aromatic rings. The van der Waals surface area contributed by atoms with Crippen molar-refractivity contribution in [1.29, 1.82) is 0 Å². The van der Waals surface area contributed by atoms with E-state index in [0.717, 1.165) is 36.5 Å². The number of amides is 1. The highest BCUT2D eigenvalue weighted by molar-refractivity contribution is 5.93. The number of aromatic nitrogens is 3. The molecule has 1 aliphatic rings. The second kappa shape index (κ2) is 7.25. The summed E-state index contributed by atoms with van der Waals surface area (Å²) in [5.41, 5.74) is 2.81. The van der Waals surface area contributed by atoms with Crippen molar-refractivity contribution >= 4 is 11.7 Å². The lowest BCUT2D eigenvalue weighted by atomic mass is 10.1. The van der Waals surface area contributed by atoms with Gasteiger partial charge in [-0.25, -0.2) is 4.98 Å². The number of nitrogens with zero attached hydrogens (tertiary/aromatic N) is 4. The quantitative estimate of drug-likeness (QED) is 0.905. The third-order valence-electron chi connectivity index (χ3n) is 4.85. The minimum absolute atomic E-state index is 0.0755. The van der Waals surface area contributed by atoms with Gasteiger partial charge in [0.05, 0.1) is 11.7 Å². The number of anilines is 1. The highest BCUT2D eigenvalue weighted by Gasteiger charge is 2.32. The first-order chi connectivity index (χ1) is 12.0. The summed E-state index contributed by atoms with van der Waals surface area (Å²) >= 11 is 0. The first-order valence-electron chi connectivity index (χ1n) is 9.07. The predicted molar refractivity (Wildman–Crippen MR) is 98.8 cm³/mol. The van der Waals surface area contributed by atoms with Gasteiger partial charge in [0.1, 0.15) is 11.5 Å². The molecule has 0 radical (unpaired) electrons. The molecule has 1 atom stereocenters. The number of hydrogen-bond donors (Lipinski definition) is 1. The molecule has 3 rings (SSSR count). The number of likely N-dealkylation sites (tertiary alicyclic amines) is 1. The van der Waals surface area contributed by atoms with Crippen LogP contribution in [0.15, 0.2) is 24.4 Å². The summed E-state index contributed by atoms with van der Waals surface area (Å²) in [4.78, 5) is 19.5. The monoisotopic (exact) mass is 341 g/mol. The van der Waals surface area contributed by atoms with Crippen LogP contribution in [0.25, 0.3) is 0 Å². The van der Waals surface area contributed by atoms with E-state index in [1.807, 2.05) is 41.8 Å². The van der Waals surface area contributed by atoms with Crippen LogP contribution >= 0.6 is 0 Å². The van der Waals surface area contributed by atoms with E-state index < -0.39 is 0 Å². The van der Waals surface area contributed by atoms with Crippen molar-refractivity contribution in [3.8, 4) is 0 Å². The Hall–Kier alpha value is -2.37. The van der Waals surface area contributed by atoms with Gasteiger partial charge in [0.25, 0.3) is 5.91 Å². The van der Waals surface area contributed by atoms with Crippen LogP contribution in [-0.2, 0) is 6.54 Å². The topological polar surface area (TPSA) is 63.1 Å². The highest BCUT2D eigenvalue weighted by atomic mass is 16.2. The van der Waals surface area contributed by atoms with Crippen LogP contribution in [0.4, 0.5) is 5.82 Å². The largest absolute Gasteiger partial charge is 0.373 e. The Kier molecular flexibility index (Phi) is 5.06. The fourth-order valence-corrected chi connectivity index (χ4v) is 3.43. The van der Waals surface area contributed by atoms with E-state index in [1.54, 1.807) is 6.20 Å². The van der Waals surface area contributed by atoms with Crippen LogP contribution < -0.4 is 5.32 Å². The van der Waals surface area contributed by atoms with Gasteiger partial charge in [-0.3, -0.25) is 9.48 Å². The molecule has 6 heteroatoms. The Balaban J connectivity index is 1.90. The lowest BCUT2D eigenvalue weighted by Gasteiger charge is -2.25. The van der Waals surface area contributed by atoms with Gasteiger partial charge in [-0.2, -0.15) is 5.10 Å². The van der Waals surface area contributed by atoms with Crippen molar-refractivity contribution in [2.24, 2.45) is 0 Å². The zero-order valence-corrected chi connectivity index (χ0v) is 15.5. The number of carbonyl (C=O) groups is 1. The summed E-state index contributed by atoms with van der Waals surface area (Å²) in [6, 6.07) is 6.10. The van der Waals surface area contributed by atoms with Gasteiger partial charge in [0.15, 0.2) is 0 Å². The third-order valence-corrected chi connectivity index (χ3v) is 4.85. The molecule has 3 heterocycles. The van der Waals surface area contributed by atoms with Crippen LogP contribution in [-0.4, -0.2) is 39.2 Å². The summed E-state index contributed by atoms with van der Waals surface area (Å²) in [6.45, 7) is 7.71. The molecule has 25 heavy (non-hydrogen) atoms. The first-order valence-corrected chi connectivity index (χ1v) is 9.07. The Morgan fingerprint density at radius 1 is 1.40 bits per heavy atom. The van der Waals surface area contributed by atoms with Crippen molar-refractivity contribution in [2.45, 2.75) is 52.1 Å². The van der Waals surface area contributed by atoms with Crippen LogP contribution in [0, 0.1) is 0 Å². The number of aryl methyl sites for hydroxylation is 1. The predicted octanol–water partition coefficient (Wildman–Crippen LogP) is 3.44. The summed E-state index contributed by atoms with van der Waals surface area (Å²) in [6.07, 6.45) is 3.80. The molecular formula is C19H27N5O. The normalized spacial score (nSPS) is 17.3. The Morgan fingerprint density at radius 2 is 2.20 bits per heavy atom. The second-order valence-electron chi connectivity index (χ2n) is 6.81. The van der Waals surface area contributed by atoms with Gasteiger partial charge in [0, 0.05) is 26.3 Å². The van der Waals surface area contributed by atoms with Gasteiger partial charge < -0.3 is 10.2 Å². The summed E-state index contributed by atoms with van der Waals surface area (Å²) in [5.74, 6) is 1.22. The summed E-state index contributed by atoms with van der Waals surface area (Å²) < 4.78 is 1.83. The van der Waals surface area contributed by atoms with Crippen molar-refractivity contribution < 1.29 is 4.79 Å². The number of carbonyl (C=O) groups excluding carboxylic acids is 1. The number of nitrogens with one attached hydrogen (secondary N) is 1. The molecule has 0 spiro atoms. The molecular weight excluding hydrogens is 314 g/mol. The van der Waals surface area contributed by atoms with E-state index in [2.05, 4.69) is 29.2 Å². The minimum Gasteiger partial charge on any atom is -0.373 e. The number of hydrogen-bond acceptors (Lipinski definition) is 4. The van der Waals surface area contributed by atoms with Crippen molar-refractivity contribution in [3.05, 3.63) is 41.3 Å². The minimum atomic E-state index is 0.0755. The van der Waals surface area contributed by atoms with E-state index in [9.17, 15) is 4.79 Å². The average Bonchev–Trinajstić information content (AvgIpc) is 3.28. The third kappa shape index (κ3) is 3.38. The smallest absolute Gasteiger partial charge is 0.272 e. The Morgan fingerprint density at radius 3 is 2.88 bits per heavy atom. The van der Waals surface area contributed by atoms with Gasteiger partial charge in [-0.15, -0.1) is 0 Å². The molecule has 0 saturated carbocycles. The lowest BCUT2D eigenvalue weighted by Crippen LogP contribution is -2.32. The first kappa shape index (κ1) is 17.5. The molecule has 1 fully saturated rings. The maximum absolute atomic E-state index is 13.2. The zero-order valence-electron chi connectivity index (χ0n) is 15.5. The summed E-state index contributed by atoms with van der Waals surface area (Å²) in [7, 11) is 1.86. The molecule has 134 valence electrons.